The third-order valence-corrected chi connectivity index (χ3v) is 8.98. The van der Waals surface area contributed by atoms with E-state index < -0.39 is 5.60 Å². The number of hydrogen-bond donors (Lipinski definition) is 1. The molecule has 1 aliphatic heterocycles. The van der Waals surface area contributed by atoms with Crippen LogP contribution in [0.1, 0.15) is 84.6 Å². The maximum absolute atomic E-state index is 13.9. The Morgan fingerprint density at radius 1 is 1.12 bits per heavy atom. The van der Waals surface area contributed by atoms with Gasteiger partial charge in [0.1, 0.15) is 0 Å². The third kappa shape index (κ3) is 3.03. The van der Waals surface area contributed by atoms with Crippen molar-refractivity contribution in [2.45, 2.75) is 70.3 Å². The molecule has 3 aliphatic carbocycles. The first kappa shape index (κ1) is 21.6. The molecule has 1 N–H and O–H groups in total. The van der Waals surface area contributed by atoms with E-state index >= 15 is 0 Å². The average molecular weight is 453 g/mol. The van der Waals surface area contributed by atoms with Gasteiger partial charge in [-0.1, -0.05) is 26.8 Å². The minimum Gasteiger partial charge on any atom is -0.389 e. The normalized spacial score (nSPS) is 22.2. The van der Waals surface area contributed by atoms with Crippen molar-refractivity contribution < 1.29 is 9.90 Å². The second-order valence-corrected chi connectivity index (χ2v) is 11.2. The summed E-state index contributed by atoms with van der Waals surface area (Å²) < 4.78 is 0. The molecule has 0 bridgehead atoms. The molecule has 4 nitrogen and oxygen atoms in total. The number of nitrogens with zero attached hydrogens (tertiary/aromatic N) is 2. The van der Waals surface area contributed by atoms with Crippen molar-refractivity contribution in [2.24, 2.45) is 5.92 Å². The summed E-state index contributed by atoms with van der Waals surface area (Å²) in [5, 5.41) is 20.4. The second-order valence-electron chi connectivity index (χ2n) is 11.2. The molecular formula is C30H32N2O2. The summed E-state index contributed by atoms with van der Waals surface area (Å²) in [6.07, 6.45) is 5.58. The van der Waals surface area contributed by atoms with Crippen LogP contribution in [0.25, 0.3) is 5.57 Å². The lowest BCUT2D eigenvalue weighted by molar-refractivity contribution is -0.00533. The Labute approximate surface area is 201 Å². The lowest BCUT2D eigenvalue weighted by Crippen LogP contribution is -2.46. The molecule has 0 spiro atoms. The molecule has 0 radical (unpaired) electrons. The van der Waals surface area contributed by atoms with Crippen LogP contribution in [-0.4, -0.2) is 29.6 Å². The highest BCUT2D eigenvalue weighted by Crippen LogP contribution is 2.51. The molecular weight excluding hydrogens is 420 g/mol. The van der Waals surface area contributed by atoms with Gasteiger partial charge in [-0.3, -0.25) is 4.79 Å². The molecule has 0 atom stereocenters. The summed E-state index contributed by atoms with van der Waals surface area (Å²) >= 11 is 0. The molecule has 174 valence electrons. The van der Waals surface area contributed by atoms with Crippen LogP contribution in [0.15, 0.2) is 35.9 Å². The van der Waals surface area contributed by atoms with Gasteiger partial charge in [-0.05, 0) is 96.5 Å². The van der Waals surface area contributed by atoms with Gasteiger partial charge in [0.05, 0.1) is 17.2 Å². The monoisotopic (exact) mass is 452 g/mol. The average Bonchev–Trinajstić information content (AvgIpc) is 3.63. The van der Waals surface area contributed by atoms with E-state index in [0.29, 0.717) is 11.5 Å². The number of nitriles is 1. The minimum absolute atomic E-state index is 0.121. The van der Waals surface area contributed by atoms with Crippen LogP contribution in [0.2, 0.25) is 0 Å². The van der Waals surface area contributed by atoms with E-state index in [2.05, 4.69) is 43.9 Å². The number of benzene rings is 2. The number of aryl methyl sites for hydroxylation is 1. The number of carbonyl (C=O) groups is 1. The van der Waals surface area contributed by atoms with Crippen LogP contribution < -0.4 is 4.90 Å². The zero-order chi connectivity index (χ0) is 23.8. The molecule has 2 aromatic carbocycles. The van der Waals surface area contributed by atoms with Crippen LogP contribution in [0.4, 0.5) is 5.69 Å². The van der Waals surface area contributed by atoms with Gasteiger partial charge < -0.3 is 10.0 Å². The van der Waals surface area contributed by atoms with E-state index in [9.17, 15) is 15.2 Å². The van der Waals surface area contributed by atoms with Crippen molar-refractivity contribution in [3.05, 3.63) is 69.3 Å². The Morgan fingerprint density at radius 3 is 2.50 bits per heavy atom. The second kappa shape index (κ2) is 7.30. The summed E-state index contributed by atoms with van der Waals surface area (Å²) in [6, 6.07) is 12.4. The molecule has 6 rings (SSSR count). The molecule has 34 heavy (non-hydrogen) atoms. The number of allylic oxidation sites excluding steroid dienone is 2. The van der Waals surface area contributed by atoms with Gasteiger partial charge in [0.25, 0.3) is 0 Å². The minimum atomic E-state index is -0.482. The summed E-state index contributed by atoms with van der Waals surface area (Å²) in [7, 11) is 0. The maximum Gasteiger partial charge on any atom is 0.193 e. The number of carbonyl (C=O) groups excluding carboxylic acids is 1. The van der Waals surface area contributed by atoms with E-state index in [4.69, 9.17) is 0 Å². The van der Waals surface area contributed by atoms with E-state index in [0.717, 1.165) is 66.6 Å². The highest BCUT2D eigenvalue weighted by molar-refractivity contribution is 6.33. The number of piperidine rings is 1. The molecule has 2 fully saturated rings. The van der Waals surface area contributed by atoms with E-state index in [1.807, 2.05) is 18.2 Å². The Morgan fingerprint density at radius 2 is 1.85 bits per heavy atom. The van der Waals surface area contributed by atoms with Crippen molar-refractivity contribution >= 4 is 17.0 Å². The number of rotatable bonds is 3. The van der Waals surface area contributed by atoms with Gasteiger partial charge in [-0.2, -0.15) is 5.26 Å². The lowest BCUT2D eigenvalue weighted by Gasteiger charge is -2.42. The SMILES string of the molecule is CCc1cc2c(cc1N1CCC(O)(C3CC3)CC1)C(C)(C)C1=C(C2=O)c2ccc(C#N)cc2C1. The predicted octanol–water partition coefficient (Wildman–Crippen LogP) is 5.35. The molecule has 1 heterocycles. The van der Waals surface area contributed by atoms with Gasteiger partial charge >= 0.3 is 0 Å². The number of ketones is 1. The highest BCUT2D eigenvalue weighted by Gasteiger charge is 2.46. The lowest BCUT2D eigenvalue weighted by atomic mass is 9.68. The fourth-order valence-corrected chi connectivity index (χ4v) is 6.66. The molecule has 0 amide bonds. The molecule has 2 aromatic rings. The van der Waals surface area contributed by atoms with Gasteiger partial charge in [-0.15, -0.1) is 0 Å². The van der Waals surface area contributed by atoms with Gasteiger partial charge in [0.15, 0.2) is 5.78 Å². The molecule has 0 aromatic heterocycles. The molecule has 4 aliphatic rings. The van der Waals surface area contributed by atoms with Gasteiger partial charge in [0.2, 0.25) is 0 Å². The first-order valence-corrected chi connectivity index (χ1v) is 12.7. The molecule has 4 heteroatoms. The predicted molar refractivity (Wildman–Crippen MR) is 134 cm³/mol. The molecule has 0 unspecified atom stereocenters. The van der Waals surface area contributed by atoms with E-state index in [1.54, 1.807) is 0 Å². The number of hydrogen-bond acceptors (Lipinski definition) is 4. The Kier molecular flexibility index (Phi) is 4.64. The van der Waals surface area contributed by atoms with Crippen LogP contribution in [0.3, 0.4) is 0 Å². The Bertz CT molecular complexity index is 1300. The van der Waals surface area contributed by atoms with Crippen molar-refractivity contribution in [3.8, 4) is 6.07 Å². The van der Waals surface area contributed by atoms with Crippen molar-refractivity contribution in [1.82, 2.24) is 0 Å². The van der Waals surface area contributed by atoms with Crippen molar-refractivity contribution in [3.63, 3.8) is 0 Å². The van der Waals surface area contributed by atoms with Crippen LogP contribution in [0.5, 0.6) is 0 Å². The number of anilines is 1. The third-order valence-electron chi connectivity index (χ3n) is 8.98. The topological polar surface area (TPSA) is 64.3 Å². The summed E-state index contributed by atoms with van der Waals surface area (Å²) in [4.78, 5) is 16.3. The van der Waals surface area contributed by atoms with E-state index in [-0.39, 0.29) is 11.2 Å². The zero-order valence-corrected chi connectivity index (χ0v) is 20.4. The highest BCUT2D eigenvalue weighted by atomic mass is 16.3. The Balaban J connectivity index is 1.40. The number of Topliss-reactive ketones (excluding diaryl/α,β-unsaturated/α-hetero) is 1. The van der Waals surface area contributed by atoms with Crippen LogP contribution in [0, 0.1) is 17.2 Å². The van der Waals surface area contributed by atoms with E-state index in [1.165, 1.54) is 29.7 Å². The molecule has 1 saturated carbocycles. The zero-order valence-electron chi connectivity index (χ0n) is 20.4. The summed E-state index contributed by atoms with van der Waals surface area (Å²) in [5.41, 5.74) is 8.38. The standard InChI is InChI=1S/C30H32N2O2/c1-4-19-14-23-24(16-26(19)32-11-9-30(34,10-12-32)21-6-7-21)29(2,3)25-15-20-13-18(17-31)5-8-22(20)27(25)28(23)33/h5,8,13-14,16,21,34H,4,6-7,9-12,15H2,1-3H3. The van der Waals surface area contributed by atoms with Gasteiger partial charge in [-0.25, -0.2) is 0 Å². The van der Waals surface area contributed by atoms with Crippen molar-refractivity contribution in [2.75, 3.05) is 18.0 Å². The van der Waals surface area contributed by atoms with Crippen LogP contribution in [-0.2, 0) is 18.3 Å². The first-order chi connectivity index (χ1) is 16.3. The maximum atomic E-state index is 13.9. The largest absolute Gasteiger partial charge is 0.389 e. The smallest absolute Gasteiger partial charge is 0.193 e. The number of aliphatic hydroxyl groups is 1. The summed E-state index contributed by atoms with van der Waals surface area (Å²) in [5.74, 6) is 0.618. The first-order valence-electron chi connectivity index (χ1n) is 12.7. The van der Waals surface area contributed by atoms with Crippen LogP contribution >= 0.6 is 0 Å². The summed E-state index contributed by atoms with van der Waals surface area (Å²) in [6.45, 7) is 8.37. The fourth-order valence-electron chi connectivity index (χ4n) is 6.66. The fraction of sp³-hybridized carbons (Fsp3) is 0.467. The Hall–Kier alpha value is -2.90. The van der Waals surface area contributed by atoms with Gasteiger partial charge in [0, 0.05) is 35.3 Å². The molecule has 1 saturated heterocycles. The van der Waals surface area contributed by atoms with Crippen molar-refractivity contribution in [1.29, 1.82) is 5.26 Å². The number of fused-ring (bicyclic) bond motifs is 3. The quantitative estimate of drug-likeness (QED) is 0.682.